The SMILES string of the molecule is Cl.O=S(=O)(NCC(N1CCNCC1)C(F)(F)F)c1ccc2c(c1)CCCC2. The molecule has 3 rings (SSSR count). The molecular weight excluding hydrogens is 403 g/mol. The van der Waals surface area contributed by atoms with Crippen molar-refractivity contribution in [1.82, 2.24) is 14.9 Å². The first-order valence-electron chi connectivity index (χ1n) is 8.90. The fraction of sp³-hybridized carbons (Fsp3) is 0.647. The molecule has 1 aromatic carbocycles. The zero-order valence-corrected chi connectivity index (χ0v) is 16.5. The molecule has 1 heterocycles. The van der Waals surface area contributed by atoms with E-state index in [9.17, 15) is 21.6 Å². The van der Waals surface area contributed by atoms with E-state index < -0.39 is 28.8 Å². The van der Waals surface area contributed by atoms with E-state index in [0.717, 1.165) is 36.8 Å². The van der Waals surface area contributed by atoms with Crippen LogP contribution in [0.4, 0.5) is 13.2 Å². The molecule has 0 aromatic heterocycles. The average molecular weight is 428 g/mol. The Morgan fingerprint density at radius 2 is 1.74 bits per heavy atom. The lowest BCUT2D eigenvalue weighted by Gasteiger charge is -2.35. The van der Waals surface area contributed by atoms with Gasteiger partial charge >= 0.3 is 6.18 Å². The molecule has 1 aliphatic heterocycles. The maximum Gasteiger partial charge on any atom is 0.405 e. The molecule has 1 unspecified atom stereocenters. The Balaban J connectivity index is 0.00000261. The van der Waals surface area contributed by atoms with Crippen LogP contribution in [0.2, 0.25) is 0 Å². The number of fused-ring (bicyclic) bond motifs is 1. The number of rotatable bonds is 5. The molecule has 0 radical (unpaired) electrons. The van der Waals surface area contributed by atoms with Crippen molar-refractivity contribution in [3.8, 4) is 0 Å². The van der Waals surface area contributed by atoms with Crippen molar-refractivity contribution in [1.29, 1.82) is 0 Å². The third-order valence-electron chi connectivity index (χ3n) is 5.07. The van der Waals surface area contributed by atoms with Gasteiger partial charge in [-0.25, -0.2) is 13.1 Å². The summed E-state index contributed by atoms with van der Waals surface area (Å²) in [5, 5.41) is 3.00. The lowest BCUT2D eigenvalue weighted by molar-refractivity contribution is -0.182. The normalized spacial score (nSPS) is 19.8. The summed E-state index contributed by atoms with van der Waals surface area (Å²) < 4.78 is 67.5. The number of halogens is 4. The van der Waals surface area contributed by atoms with Gasteiger partial charge in [-0.2, -0.15) is 13.2 Å². The average Bonchev–Trinajstić information content (AvgIpc) is 2.61. The lowest BCUT2D eigenvalue weighted by Crippen LogP contribution is -2.57. The number of nitrogens with one attached hydrogen (secondary N) is 2. The van der Waals surface area contributed by atoms with Gasteiger partial charge in [0.05, 0.1) is 4.90 Å². The Bertz CT molecular complexity index is 737. The fourth-order valence-electron chi connectivity index (χ4n) is 3.59. The smallest absolute Gasteiger partial charge is 0.314 e. The standard InChI is InChI=1S/C17H24F3N3O2S.ClH/c18-17(19,20)16(23-9-7-21-8-10-23)12-22-26(24,25)15-6-5-13-3-1-2-4-14(13)11-15;/h5-6,11,16,21-22H,1-4,7-10,12H2;1H. The van der Waals surface area contributed by atoms with E-state index in [1.54, 1.807) is 12.1 Å². The van der Waals surface area contributed by atoms with Gasteiger partial charge < -0.3 is 5.32 Å². The number of hydrogen-bond donors (Lipinski definition) is 2. The molecule has 154 valence electrons. The van der Waals surface area contributed by atoms with Crippen LogP contribution in [0.15, 0.2) is 23.1 Å². The number of aryl methyl sites for hydroxylation is 2. The molecule has 2 aliphatic rings. The zero-order chi connectivity index (χ0) is 18.8. The highest BCUT2D eigenvalue weighted by atomic mass is 35.5. The minimum atomic E-state index is -4.49. The van der Waals surface area contributed by atoms with Gasteiger partial charge in [0.25, 0.3) is 0 Å². The van der Waals surface area contributed by atoms with Crippen molar-refractivity contribution in [3.05, 3.63) is 29.3 Å². The second-order valence-electron chi connectivity index (χ2n) is 6.83. The van der Waals surface area contributed by atoms with Crippen molar-refractivity contribution < 1.29 is 21.6 Å². The van der Waals surface area contributed by atoms with Gasteiger partial charge in [0.15, 0.2) is 0 Å². The number of hydrogen-bond acceptors (Lipinski definition) is 4. The first kappa shape index (κ1) is 22.4. The highest BCUT2D eigenvalue weighted by molar-refractivity contribution is 7.89. The van der Waals surface area contributed by atoms with Crippen LogP contribution in [-0.4, -0.2) is 58.3 Å². The number of piperazine rings is 1. The van der Waals surface area contributed by atoms with Crippen LogP contribution in [0.5, 0.6) is 0 Å². The van der Waals surface area contributed by atoms with Crippen LogP contribution in [-0.2, 0) is 22.9 Å². The summed E-state index contributed by atoms with van der Waals surface area (Å²) in [5.74, 6) is 0. The van der Waals surface area contributed by atoms with Crippen molar-refractivity contribution in [2.45, 2.75) is 42.8 Å². The lowest BCUT2D eigenvalue weighted by atomic mass is 9.92. The van der Waals surface area contributed by atoms with E-state index in [2.05, 4.69) is 10.0 Å². The van der Waals surface area contributed by atoms with Crippen LogP contribution in [0.1, 0.15) is 24.0 Å². The van der Waals surface area contributed by atoms with Crippen molar-refractivity contribution >= 4 is 22.4 Å². The molecule has 0 bridgehead atoms. The molecule has 1 fully saturated rings. The molecule has 5 nitrogen and oxygen atoms in total. The molecule has 10 heteroatoms. The zero-order valence-electron chi connectivity index (χ0n) is 14.9. The van der Waals surface area contributed by atoms with Crippen LogP contribution < -0.4 is 10.0 Å². The second kappa shape index (κ2) is 9.09. The summed E-state index contributed by atoms with van der Waals surface area (Å²) in [6.07, 6.45) is -0.680. The maximum atomic E-state index is 13.4. The van der Waals surface area contributed by atoms with Gasteiger partial charge in [-0.05, 0) is 48.9 Å². The highest BCUT2D eigenvalue weighted by Gasteiger charge is 2.44. The van der Waals surface area contributed by atoms with Crippen LogP contribution in [0.25, 0.3) is 0 Å². The second-order valence-corrected chi connectivity index (χ2v) is 8.60. The third kappa shape index (κ3) is 5.57. The monoisotopic (exact) mass is 427 g/mol. The van der Waals surface area contributed by atoms with Gasteiger partial charge in [0.2, 0.25) is 10.0 Å². The van der Waals surface area contributed by atoms with Crippen LogP contribution >= 0.6 is 12.4 Å². The molecule has 27 heavy (non-hydrogen) atoms. The summed E-state index contributed by atoms with van der Waals surface area (Å²) in [6.45, 7) is 0.729. The Labute approximate surface area is 164 Å². The van der Waals surface area contributed by atoms with Gasteiger partial charge in [-0.15, -0.1) is 12.4 Å². The summed E-state index contributed by atoms with van der Waals surface area (Å²) in [4.78, 5) is 1.32. The Kier molecular flexibility index (Phi) is 7.54. The topological polar surface area (TPSA) is 61.4 Å². The van der Waals surface area contributed by atoms with E-state index in [1.165, 1.54) is 11.0 Å². The van der Waals surface area contributed by atoms with Crippen molar-refractivity contribution in [2.24, 2.45) is 0 Å². The van der Waals surface area contributed by atoms with Crippen molar-refractivity contribution in [3.63, 3.8) is 0 Å². The largest absolute Gasteiger partial charge is 0.405 e. The molecule has 1 aliphatic carbocycles. The van der Waals surface area contributed by atoms with Crippen molar-refractivity contribution in [2.75, 3.05) is 32.7 Å². The number of nitrogens with zero attached hydrogens (tertiary/aromatic N) is 1. The predicted octanol–water partition coefficient (Wildman–Crippen LogP) is 2.10. The van der Waals surface area contributed by atoms with E-state index in [0.29, 0.717) is 13.1 Å². The summed E-state index contributed by atoms with van der Waals surface area (Å²) >= 11 is 0. The first-order chi connectivity index (χ1) is 12.3. The number of sulfonamides is 1. The number of alkyl halides is 3. The third-order valence-corrected chi connectivity index (χ3v) is 6.49. The minimum Gasteiger partial charge on any atom is -0.314 e. The summed E-state index contributed by atoms with van der Waals surface area (Å²) in [5.41, 5.74) is 2.11. The Morgan fingerprint density at radius 1 is 1.11 bits per heavy atom. The van der Waals surface area contributed by atoms with E-state index in [1.807, 2.05) is 0 Å². The molecule has 0 saturated carbocycles. The summed E-state index contributed by atoms with van der Waals surface area (Å²) in [7, 11) is -3.98. The predicted molar refractivity (Wildman–Crippen MR) is 99.8 cm³/mol. The van der Waals surface area contributed by atoms with E-state index >= 15 is 0 Å². The number of benzene rings is 1. The Hall–Kier alpha value is -0.870. The maximum absolute atomic E-state index is 13.4. The van der Waals surface area contributed by atoms with Gasteiger partial charge in [-0.1, -0.05) is 6.07 Å². The van der Waals surface area contributed by atoms with Crippen LogP contribution in [0.3, 0.4) is 0 Å². The molecular formula is C17H25ClF3N3O2S. The molecule has 1 saturated heterocycles. The molecule has 1 atom stereocenters. The highest BCUT2D eigenvalue weighted by Crippen LogP contribution is 2.26. The van der Waals surface area contributed by atoms with Gasteiger partial charge in [0, 0.05) is 32.7 Å². The minimum absolute atomic E-state index is 0. The molecule has 2 N–H and O–H groups in total. The van der Waals surface area contributed by atoms with E-state index in [4.69, 9.17) is 0 Å². The summed E-state index contributed by atoms with van der Waals surface area (Å²) in [6, 6.07) is 3.04. The van der Waals surface area contributed by atoms with Gasteiger partial charge in [0.1, 0.15) is 6.04 Å². The Morgan fingerprint density at radius 3 is 2.37 bits per heavy atom. The quantitative estimate of drug-likeness (QED) is 0.755. The fourth-order valence-corrected chi connectivity index (χ4v) is 4.68. The molecule has 0 spiro atoms. The van der Waals surface area contributed by atoms with E-state index in [-0.39, 0.29) is 30.4 Å². The molecule has 1 aromatic rings. The first-order valence-corrected chi connectivity index (χ1v) is 10.4. The molecule has 0 amide bonds. The van der Waals surface area contributed by atoms with Gasteiger partial charge in [-0.3, -0.25) is 4.90 Å². The van der Waals surface area contributed by atoms with Crippen LogP contribution in [0, 0.1) is 0 Å².